The maximum Gasteiger partial charge on any atom is 0.127 e. The van der Waals surface area contributed by atoms with Gasteiger partial charge in [0.05, 0.1) is 19.9 Å². The smallest absolute Gasteiger partial charge is 0.127 e. The molecule has 0 spiro atoms. The van der Waals surface area contributed by atoms with Crippen LogP contribution in [0.3, 0.4) is 0 Å². The van der Waals surface area contributed by atoms with Crippen molar-refractivity contribution in [3.05, 3.63) is 41.7 Å². The maximum atomic E-state index is 5.47. The number of hydrogen-bond acceptors (Lipinski definition) is 4. The highest BCUT2D eigenvalue weighted by atomic mass is 16.5. The number of rotatable bonds is 6. The number of ether oxygens (including phenoxy) is 2. The molecule has 0 aliphatic heterocycles. The Bertz CT molecular complexity index is 566. The molecule has 0 saturated carbocycles. The number of likely N-dealkylation sites (N-methyl/N-ethyl adjacent to an activating group) is 1. The second-order valence-corrected chi connectivity index (χ2v) is 4.63. The number of hydrogen-bond donors (Lipinski definition) is 1. The lowest BCUT2D eigenvalue weighted by Crippen LogP contribution is -2.20. The van der Waals surface area contributed by atoms with E-state index in [1.165, 1.54) is 0 Å². The topological polar surface area (TPSA) is 48.3 Å². The van der Waals surface area contributed by atoms with Gasteiger partial charge in [-0.15, -0.1) is 0 Å². The van der Waals surface area contributed by atoms with E-state index in [1.54, 1.807) is 14.2 Å². The van der Waals surface area contributed by atoms with Crippen LogP contribution in [-0.4, -0.2) is 31.0 Å². The van der Waals surface area contributed by atoms with Gasteiger partial charge in [-0.3, -0.25) is 4.68 Å². The number of benzene rings is 1. The van der Waals surface area contributed by atoms with Crippen LogP contribution < -0.4 is 14.8 Å². The van der Waals surface area contributed by atoms with E-state index >= 15 is 0 Å². The molecule has 0 radical (unpaired) electrons. The minimum Gasteiger partial charge on any atom is -0.497 e. The predicted molar refractivity (Wildman–Crippen MR) is 78.3 cm³/mol. The first kappa shape index (κ1) is 14.4. The van der Waals surface area contributed by atoms with E-state index in [1.807, 2.05) is 49.2 Å². The van der Waals surface area contributed by atoms with Gasteiger partial charge >= 0.3 is 0 Å². The zero-order valence-corrected chi connectivity index (χ0v) is 12.4. The van der Waals surface area contributed by atoms with E-state index in [4.69, 9.17) is 9.47 Å². The van der Waals surface area contributed by atoms with Gasteiger partial charge in [-0.25, -0.2) is 0 Å². The molecule has 0 amide bonds. The normalized spacial score (nSPS) is 12.2. The zero-order chi connectivity index (χ0) is 14.5. The predicted octanol–water partition coefficient (Wildman–Crippen LogP) is 1.94. The van der Waals surface area contributed by atoms with Gasteiger partial charge < -0.3 is 14.8 Å². The lowest BCUT2D eigenvalue weighted by molar-refractivity contribution is 0.385. The highest BCUT2D eigenvalue weighted by Gasteiger charge is 2.17. The van der Waals surface area contributed by atoms with E-state index in [9.17, 15) is 0 Å². The second-order valence-electron chi connectivity index (χ2n) is 4.63. The summed E-state index contributed by atoms with van der Waals surface area (Å²) in [5, 5.41) is 7.74. The highest BCUT2D eigenvalue weighted by molar-refractivity contribution is 5.42. The van der Waals surface area contributed by atoms with Gasteiger partial charge in [-0.2, -0.15) is 5.10 Å². The molecule has 0 bridgehead atoms. The first-order chi connectivity index (χ1) is 9.67. The van der Waals surface area contributed by atoms with E-state index in [0.29, 0.717) is 0 Å². The summed E-state index contributed by atoms with van der Waals surface area (Å²) in [6, 6.07) is 8.05. The number of aryl methyl sites for hydroxylation is 1. The first-order valence-electron chi connectivity index (χ1n) is 6.55. The van der Waals surface area contributed by atoms with Gasteiger partial charge in [0.15, 0.2) is 0 Å². The van der Waals surface area contributed by atoms with Crippen molar-refractivity contribution in [1.82, 2.24) is 15.1 Å². The molecule has 0 fully saturated rings. The van der Waals surface area contributed by atoms with Crippen molar-refractivity contribution in [2.45, 2.75) is 12.5 Å². The Morgan fingerprint density at radius 3 is 2.60 bits per heavy atom. The third-order valence-electron chi connectivity index (χ3n) is 3.35. The van der Waals surface area contributed by atoms with Crippen molar-refractivity contribution in [1.29, 1.82) is 0 Å². The molecule has 2 aromatic rings. The van der Waals surface area contributed by atoms with Crippen molar-refractivity contribution in [2.75, 3.05) is 21.3 Å². The van der Waals surface area contributed by atoms with E-state index in [0.717, 1.165) is 29.2 Å². The molecule has 0 saturated heterocycles. The van der Waals surface area contributed by atoms with E-state index < -0.39 is 0 Å². The summed E-state index contributed by atoms with van der Waals surface area (Å²) in [5.41, 5.74) is 2.14. The van der Waals surface area contributed by atoms with E-state index in [-0.39, 0.29) is 6.04 Å². The Balaban J connectivity index is 2.26. The van der Waals surface area contributed by atoms with Crippen LogP contribution in [0.2, 0.25) is 0 Å². The molecule has 1 atom stereocenters. The summed E-state index contributed by atoms with van der Waals surface area (Å²) in [6.07, 6.45) is 2.76. The SMILES string of the molecule is CNC(Cc1ccn(C)n1)c1ccc(OC)cc1OC. The lowest BCUT2D eigenvalue weighted by atomic mass is 10.0. The van der Waals surface area contributed by atoms with Crippen LogP contribution >= 0.6 is 0 Å². The number of aromatic nitrogens is 2. The van der Waals surface area contributed by atoms with Gasteiger partial charge in [0.1, 0.15) is 11.5 Å². The average Bonchev–Trinajstić information content (AvgIpc) is 2.89. The average molecular weight is 275 g/mol. The molecule has 1 N–H and O–H groups in total. The van der Waals surface area contributed by atoms with Gasteiger partial charge in [0.2, 0.25) is 0 Å². The fourth-order valence-corrected chi connectivity index (χ4v) is 2.26. The van der Waals surface area contributed by atoms with Gasteiger partial charge in [-0.05, 0) is 19.2 Å². The van der Waals surface area contributed by atoms with Crippen molar-refractivity contribution < 1.29 is 9.47 Å². The second kappa shape index (κ2) is 6.43. The fraction of sp³-hybridized carbons (Fsp3) is 0.400. The monoisotopic (exact) mass is 275 g/mol. The van der Waals surface area contributed by atoms with Crippen LogP contribution in [0.5, 0.6) is 11.5 Å². The van der Waals surface area contributed by atoms with Crippen molar-refractivity contribution in [3.8, 4) is 11.5 Å². The van der Waals surface area contributed by atoms with Crippen molar-refractivity contribution in [3.63, 3.8) is 0 Å². The molecular weight excluding hydrogens is 254 g/mol. The molecule has 5 heteroatoms. The van der Waals surface area contributed by atoms with Gasteiger partial charge in [0, 0.05) is 37.3 Å². The van der Waals surface area contributed by atoms with Crippen LogP contribution in [0.25, 0.3) is 0 Å². The molecule has 1 aromatic heterocycles. The Kier molecular flexibility index (Phi) is 4.63. The van der Waals surface area contributed by atoms with Gasteiger partial charge in [0.25, 0.3) is 0 Å². The summed E-state index contributed by atoms with van der Waals surface area (Å²) in [7, 11) is 7.19. The van der Waals surface area contributed by atoms with Crippen LogP contribution in [0.15, 0.2) is 30.5 Å². The Morgan fingerprint density at radius 1 is 1.25 bits per heavy atom. The minimum atomic E-state index is 0.144. The van der Waals surface area contributed by atoms with Crippen molar-refractivity contribution >= 4 is 0 Å². The molecule has 0 aliphatic rings. The quantitative estimate of drug-likeness (QED) is 0.875. The number of nitrogens with zero attached hydrogens (tertiary/aromatic N) is 2. The lowest BCUT2D eigenvalue weighted by Gasteiger charge is -2.19. The first-order valence-corrected chi connectivity index (χ1v) is 6.55. The molecular formula is C15H21N3O2. The van der Waals surface area contributed by atoms with Crippen LogP contribution in [0, 0.1) is 0 Å². The Labute approximate surface area is 119 Å². The molecule has 1 aromatic carbocycles. The molecule has 1 heterocycles. The van der Waals surface area contributed by atoms with Gasteiger partial charge in [-0.1, -0.05) is 6.07 Å². The summed E-state index contributed by atoms with van der Waals surface area (Å²) in [5.74, 6) is 1.61. The molecule has 108 valence electrons. The Morgan fingerprint density at radius 2 is 2.05 bits per heavy atom. The highest BCUT2D eigenvalue weighted by Crippen LogP contribution is 2.30. The van der Waals surface area contributed by atoms with Crippen LogP contribution in [0.1, 0.15) is 17.3 Å². The Hall–Kier alpha value is -2.01. The fourth-order valence-electron chi connectivity index (χ4n) is 2.26. The summed E-state index contributed by atoms with van der Waals surface area (Å²) < 4.78 is 12.5. The summed E-state index contributed by atoms with van der Waals surface area (Å²) in [6.45, 7) is 0. The van der Waals surface area contributed by atoms with E-state index in [2.05, 4.69) is 10.4 Å². The molecule has 5 nitrogen and oxygen atoms in total. The third-order valence-corrected chi connectivity index (χ3v) is 3.35. The standard InChI is InChI=1S/C15H21N3O2/c1-16-14(9-11-7-8-18(2)17-11)13-6-5-12(19-3)10-15(13)20-4/h5-8,10,14,16H,9H2,1-4H3. The summed E-state index contributed by atoms with van der Waals surface area (Å²) in [4.78, 5) is 0. The molecule has 0 aliphatic carbocycles. The molecule has 20 heavy (non-hydrogen) atoms. The molecule has 2 rings (SSSR count). The largest absolute Gasteiger partial charge is 0.497 e. The van der Waals surface area contributed by atoms with Crippen molar-refractivity contribution in [2.24, 2.45) is 7.05 Å². The molecule has 1 unspecified atom stereocenters. The maximum absolute atomic E-state index is 5.47. The van der Waals surface area contributed by atoms with Crippen LogP contribution in [-0.2, 0) is 13.5 Å². The van der Waals surface area contributed by atoms with Crippen LogP contribution in [0.4, 0.5) is 0 Å². The number of methoxy groups -OCH3 is 2. The summed E-state index contributed by atoms with van der Waals surface area (Å²) >= 11 is 0. The zero-order valence-electron chi connectivity index (χ0n) is 12.4. The minimum absolute atomic E-state index is 0.144. The number of nitrogens with one attached hydrogen (secondary N) is 1. The third kappa shape index (κ3) is 3.11.